The first-order chi connectivity index (χ1) is 10.9. The van der Waals surface area contributed by atoms with Gasteiger partial charge in [0, 0.05) is 30.7 Å². The van der Waals surface area contributed by atoms with Gasteiger partial charge in [0.2, 0.25) is 5.88 Å². The molecule has 0 radical (unpaired) electrons. The van der Waals surface area contributed by atoms with Gasteiger partial charge in [-0.3, -0.25) is 9.78 Å². The quantitative estimate of drug-likeness (QED) is 0.920. The number of aromatic nitrogens is 2. The number of carbonyl (C=O) groups is 1. The number of carbonyl (C=O) groups excluding carboxylic acids is 1. The van der Waals surface area contributed by atoms with Gasteiger partial charge in [0.1, 0.15) is 6.61 Å². The number of hydrogen-bond acceptors (Lipinski definition) is 4. The van der Waals surface area contributed by atoms with Crippen molar-refractivity contribution >= 4 is 5.91 Å². The average molecular weight is 313 g/mol. The van der Waals surface area contributed by atoms with E-state index in [1.165, 1.54) is 6.20 Å². The Hall–Kier alpha value is -2.43. The second kappa shape index (κ2) is 7.22. The smallest absolute Gasteiger partial charge is 0.253 e. The van der Waals surface area contributed by atoms with Crippen LogP contribution in [0.15, 0.2) is 42.9 Å². The predicted molar refractivity (Wildman–Crippen MR) is 89.2 cm³/mol. The van der Waals surface area contributed by atoms with E-state index in [9.17, 15) is 4.79 Å². The third-order valence-corrected chi connectivity index (χ3v) is 3.78. The Balaban J connectivity index is 1.92. The summed E-state index contributed by atoms with van der Waals surface area (Å²) in [5.74, 6) is 0.364. The number of ether oxygens (including phenoxy) is 1. The van der Waals surface area contributed by atoms with Gasteiger partial charge in [-0.05, 0) is 36.1 Å². The summed E-state index contributed by atoms with van der Waals surface area (Å²) in [4.78, 5) is 20.3. The summed E-state index contributed by atoms with van der Waals surface area (Å²) >= 11 is 0. The number of hydrogen-bond donors (Lipinski definition) is 1. The third-order valence-electron chi connectivity index (χ3n) is 3.78. The number of pyridine rings is 2. The van der Waals surface area contributed by atoms with Crippen molar-refractivity contribution in [2.45, 2.75) is 40.3 Å². The van der Waals surface area contributed by atoms with Gasteiger partial charge in [0.15, 0.2) is 0 Å². The summed E-state index contributed by atoms with van der Waals surface area (Å²) in [5, 5.41) is 2.99. The highest BCUT2D eigenvalue weighted by Gasteiger charge is 2.22. The van der Waals surface area contributed by atoms with Gasteiger partial charge >= 0.3 is 0 Å². The zero-order valence-corrected chi connectivity index (χ0v) is 14.0. The minimum absolute atomic E-state index is 0.0106. The van der Waals surface area contributed by atoms with E-state index >= 15 is 0 Å². The molecule has 0 spiro atoms. The number of nitrogens with zero attached hydrogens (tertiary/aromatic N) is 2. The molecule has 2 heterocycles. The molecule has 122 valence electrons. The fourth-order valence-electron chi connectivity index (χ4n) is 1.73. The highest BCUT2D eigenvalue weighted by molar-refractivity contribution is 5.94. The molecule has 0 aliphatic carbocycles. The fourth-order valence-corrected chi connectivity index (χ4v) is 1.73. The summed E-state index contributed by atoms with van der Waals surface area (Å²) in [5.41, 5.74) is 1.55. The van der Waals surface area contributed by atoms with Crippen LogP contribution in [0.25, 0.3) is 0 Å². The van der Waals surface area contributed by atoms with Crippen LogP contribution in [0.3, 0.4) is 0 Å². The van der Waals surface area contributed by atoms with Crippen molar-refractivity contribution in [3.63, 3.8) is 0 Å². The first kappa shape index (κ1) is 16.9. The molecule has 2 aromatic rings. The van der Waals surface area contributed by atoms with Gasteiger partial charge < -0.3 is 10.1 Å². The van der Waals surface area contributed by atoms with E-state index in [2.05, 4.69) is 36.1 Å². The molecule has 2 aromatic heterocycles. The molecule has 0 aromatic carbocycles. The van der Waals surface area contributed by atoms with Crippen molar-refractivity contribution in [3.8, 4) is 5.88 Å². The van der Waals surface area contributed by atoms with E-state index < -0.39 is 0 Å². The van der Waals surface area contributed by atoms with Crippen molar-refractivity contribution in [2.75, 3.05) is 0 Å². The lowest BCUT2D eigenvalue weighted by Gasteiger charge is -2.28. The van der Waals surface area contributed by atoms with Crippen LogP contribution in [0, 0.1) is 5.41 Å². The molecule has 0 bridgehead atoms. The molecule has 5 heteroatoms. The fraction of sp³-hybridized carbons (Fsp3) is 0.389. The van der Waals surface area contributed by atoms with E-state index in [1.807, 2.05) is 19.1 Å². The summed E-state index contributed by atoms with van der Waals surface area (Å²) < 4.78 is 5.59. The average Bonchev–Trinajstić information content (AvgIpc) is 2.53. The second-order valence-corrected chi connectivity index (χ2v) is 6.59. The summed E-state index contributed by atoms with van der Waals surface area (Å²) in [6, 6.07) is 7.26. The molecule has 2 rings (SSSR count). The molecule has 0 aliphatic heterocycles. The maximum Gasteiger partial charge on any atom is 0.253 e. The van der Waals surface area contributed by atoms with Crippen LogP contribution in [0.4, 0.5) is 0 Å². The normalized spacial score (nSPS) is 12.5. The van der Waals surface area contributed by atoms with Crippen LogP contribution in [-0.2, 0) is 6.61 Å². The molecule has 0 saturated carbocycles. The molecule has 0 unspecified atom stereocenters. The van der Waals surface area contributed by atoms with Gasteiger partial charge in [-0.2, -0.15) is 0 Å². The van der Waals surface area contributed by atoms with Crippen molar-refractivity contribution in [2.24, 2.45) is 5.41 Å². The number of rotatable bonds is 5. The van der Waals surface area contributed by atoms with Crippen molar-refractivity contribution in [1.82, 2.24) is 15.3 Å². The monoisotopic (exact) mass is 313 g/mol. The van der Waals surface area contributed by atoms with Gasteiger partial charge in [-0.1, -0.05) is 20.8 Å². The van der Waals surface area contributed by atoms with Crippen molar-refractivity contribution in [3.05, 3.63) is 54.0 Å². The van der Waals surface area contributed by atoms with Crippen LogP contribution in [0.1, 0.15) is 43.6 Å². The standard InChI is InChI=1S/C18H23N3O2/c1-13(18(2,3)4)21-17(22)15-5-6-16(20-11-15)23-12-14-7-9-19-10-8-14/h5-11,13H,12H2,1-4H3,(H,21,22)/t13-/m1/s1. The first-order valence-corrected chi connectivity index (χ1v) is 7.65. The highest BCUT2D eigenvalue weighted by Crippen LogP contribution is 2.19. The molecule has 0 fully saturated rings. The van der Waals surface area contributed by atoms with Crippen LogP contribution >= 0.6 is 0 Å². The van der Waals surface area contributed by atoms with Crippen molar-refractivity contribution < 1.29 is 9.53 Å². The maximum atomic E-state index is 12.2. The van der Waals surface area contributed by atoms with E-state index in [0.29, 0.717) is 18.1 Å². The van der Waals surface area contributed by atoms with E-state index in [1.54, 1.807) is 24.5 Å². The summed E-state index contributed by atoms with van der Waals surface area (Å²) in [6.07, 6.45) is 4.97. The first-order valence-electron chi connectivity index (χ1n) is 7.65. The lowest BCUT2D eigenvalue weighted by atomic mass is 9.88. The maximum absolute atomic E-state index is 12.2. The predicted octanol–water partition coefficient (Wildman–Crippen LogP) is 3.22. The van der Waals surface area contributed by atoms with Crippen molar-refractivity contribution in [1.29, 1.82) is 0 Å². The third kappa shape index (κ3) is 5.06. The van der Waals surface area contributed by atoms with Crippen LogP contribution in [0.2, 0.25) is 0 Å². The van der Waals surface area contributed by atoms with Crippen LogP contribution in [-0.4, -0.2) is 21.9 Å². The minimum Gasteiger partial charge on any atom is -0.473 e. The Bertz CT molecular complexity index is 634. The molecule has 0 saturated heterocycles. The zero-order valence-electron chi connectivity index (χ0n) is 14.0. The van der Waals surface area contributed by atoms with Gasteiger partial charge in [-0.15, -0.1) is 0 Å². The molecule has 1 amide bonds. The molecule has 5 nitrogen and oxygen atoms in total. The molecular formula is C18H23N3O2. The summed E-state index contributed by atoms with van der Waals surface area (Å²) in [7, 11) is 0. The van der Waals surface area contributed by atoms with Gasteiger partial charge in [0.25, 0.3) is 5.91 Å². The Kier molecular flexibility index (Phi) is 5.32. The summed E-state index contributed by atoms with van der Waals surface area (Å²) in [6.45, 7) is 8.68. The van der Waals surface area contributed by atoms with Crippen LogP contribution in [0.5, 0.6) is 5.88 Å². The van der Waals surface area contributed by atoms with Gasteiger partial charge in [0.05, 0.1) is 5.56 Å². The SMILES string of the molecule is C[C@@H](NC(=O)c1ccc(OCc2ccncc2)nc1)C(C)(C)C. The minimum atomic E-state index is -0.124. The Morgan fingerprint density at radius 2 is 1.91 bits per heavy atom. The molecule has 23 heavy (non-hydrogen) atoms. The number of amides is 1. The van der Waals surface area contributed by atoms with Gasteiger partial charge in [-0.25, -0.2) is 4.98 Å². The molecule has 1 N–H and O–H groups in total. The van der Waals surface area contributed by atoms with E-state index in [4.69, 9.17) is 4.74 Å². The molecule has 0 aliphatic rings. The zero-order chi connectivity index (χ0) is 16.9. The lowest BCUT2D eigenvalue weighted by Crippen LogP contribution is -2.41. The molecule has 1 atom stereocenters. The Labute approximate surface area is 137 Å². The highest BCUT2D eigenvalue weighted by atomic mass is 16.5. The topological polar surface area (TPSA) is 64.1 Å². The Morgan fingerprint density at radius 3 is 2.48 bits per heavy atom. The molecular weight excluding hydrogens is 290 g/mol. The second-order valence-electron chi connectivity index (χ2n) is 6.59. The Morgan fingerprint density at radius 1 is 1.22 bits per heavy atom. The number of nitrogens with one attached hydrogen (secondary N) is 1. The van der Waals surface area contributed by atoms with E-state index in [0.717, 1.165) is 5.56 Å². The van der Waals surface area contributed by atoms with E-state index in [-0.39, 0.29) is 17.4 Å². The largest absolute Gasteiger partial charge is 0.473 e. The van der Waals surface area contributed by atoms with Crippen LogP contribution < -0.4 is 10.1 Å². The lowest BCUT2D eigenvalue weighted by molar-refractivity contribution is 0.0909.